The predicted octanol–water partition coefficient (Wildman–Crippen LogP) is 3.81. The standard InChI is InChI=1S/C20H23NO4S/c1-15(2)16-5-9-18(10-6-16)25-20(22)17-7-11-19(12-8-17)26(23,24)21-13-3-4-14-21/h5-12,15H,3-4,13-14H2,1-2H3. The minimum absolute atomic E-state index is 0.206. The minimum Gasteiger partial charge on any atom is -0.423 e. The van der Waals surface area contributed by atoms with E-state index in [4.69, 9.17) is 4.74 Å². The molecule has 2 aromatic rings. The van der Waals surface area contributed by atoms with Gasteiger partial charge in [-0.1, -0.05) is 26.0 Å². The lowest BCUT2D eigenvalue weighted by molar-refractivity contribution is 0.0734. The van der Waals surface area contributed by atoms with Crippen molar-refractivity contribution >= 4 is 16.0 Å². The molecule has 0 aliphatic carbocycles. The minimum atomic E-state index is -3.47. The molecule has 3 rings (SSSR count). The molecular weight excluding hydrogens is 350 g/mol. The van der Waals surface area contributed by atoms with Crippen molar-refractivity contribution in [3.63, 3.8) is 0 Å². The molecule has 0 amide bonds. The van der Waals surface area contributed by atoms with E-state index in [1.807, 2.05) is 12.1 Å². The highest BCUT2D eigenvalue weighted by atomic mass is 32.2. The summed E-state index contributed by atoms with van der Waals surface area (Å²) < 4.78 is 31.9. The Morgan fingerprint density at radius 3 is 2.08 bits per heavy atom. The molecule has 0 N–H and O–H groups in total. The molecule has 26 heavy (non-hydrogen) atoms. The van der Waals surface area contributed by atoms with E-state index in [1.54, 1.807) is 12.1 Å². The number of rotatable bonds is 5. The maximum atomic E-state index is 12.5. The lowest BCUT2D eigenvalue weighted by Gasteiger charge is -2.15. The summed E-state index contributed by atoms with van der Waals surface area (Å²) in [4.78, 5) is 12.5. The molecule has 1 heterocycles. The molecule has 1 fully saturated rings. The van der Waals surface area contributed by atoms with E-state index in [1.165, 1.54) is 34.1 Å². The summed E-state index contributed by atoms with van der Waals surface area (Å²) >= 11 is 0. The molecule has 0 radical (unpaired) electrons. The second-order valence-corrected chi connectivity index (χ2v) is 8.69. The van der Waals surface area contributed by atoms with E-state index in [2.05, 4.69) is 13.8 Å². The molecule has 138 valence electrons. The maximum Gasteiger partial charge on any atom is 0.343 e. The SMILES string of the molecule is CC(C)c1ccc(OC(=O)c2ccc(S(=O)(=O)N3CCCC3)cc2)cc1. The quantitative estimate of drug-likeness (QED) is 0.590. The molecule has 0 spiro atoms. The lowest BCUT2D eigenvalue weighted by Crippen LogP contribution is -2.27. The maximum absolute atomic E-state index is 12.5. The topological polar surface area (TPSA) is 63.7 Å². The summed E-state index contributed by atoms with van der Waals surface area (Å²) in [6, 6.07) is 13.3. The highest BCUT2D eigenvalue weighted by Gasteiger charge is 2.27. The van der Waals surface area contributed by atoms with Gasteiger partial charge in [0.25, 0.3) is 0 Å². The van der Waals surface area contributed by atoms with E-state index >= 15 is 0 Å². The van der Waals surface area contributed by atoms with Crippen molar-refractivity contribution in [2.75, 3.05) is 13.1 Å². The van der Waals surface area contributed by atoms with Crippen LogP contribution >= 0.6 is 0 Å². The van der Waals surface area contributed by atoms with E-state index in [9.17, 15) is 13.2 Å². The van der Waals surface area contributed by atoms with Crippen molar-refractivity contribution < 1.29 is 17.9 Å². The molecular formula is C20H23NO4S. The van der Waals surface area contributed by atoms with Crippen LogP contribution in [0.15, 0.2) is 53.4 Å². The summed E-state index contributed by atoms with van der Waals surface area (Å²) in [5.41, 5.74) is 1.49. The molecule has 1 aliphatic rings. The Balaban J connectivity index is 1.70. The zero-order chi connectivity index (χ0) is 18.7. The van der Waals surface area contributed by atoms with Gasteiger partial charge in [-0.25, -0.2) is 13.2 Å². The van der Waals surface area contributed by atoms with Crippen molar-refractivity contribution in [3.05, 3.63) is 59.7 Å². The first kappa shape index (κ1) is 18.6. The number of esters is 1. The van der Waals surface area contributed by atoms with Crippen LogP contribution in [0.5, 0.6) is 5.75 Å². The van der Waals surface area contributed by atoms with Crippen molar-refractivity contribution in [2.45, 2.75) is 37.5 Å². The second kappa shape index (κ2) is 7.60. The number of hydrogen-bond donors (Lipinski definition) is 0. The fraction of sp³-hybridized carbons (Fsp3) is 0.350. The fourth-order valence-corrected chi connectivity index (χ4v) is 4.44. The van der Waals surface area contributed by atoms with Gasteiger partial charge in [-0.05, 0) is 60.7 Å². The average molecular weight is 373 g/mol. The van der Waals surface area contributed by atoms with Crippen molar-refractivity contribution in [3.8, 4) is 5.75 Å². The van der Waals surface area contributed by atoms with Crippen LogP contribution < -0.4 is 4.74 Å². The predicted molar refractivity (Wildman–Crippen MR) is 99.9 cm³/mol. The van der Waals surface area contributed by atoms with Crippen LogP contribution in [-0.2, 0) is 10.0 Å². The van der Waals surface area contributed by atoms with Crippen LogP contribution in [0.2, 0.25) is 0 Å². The average Bonchev–Trinajstić information content (AvgIpc) is 3.18. The Kier molecular flexibility index (Phi) is 5.44. The zero-order valence-electron chi connectivity index (χ0n) is 15.0. The fourth-order valence-electron chi connectivity index (χ4n) is 2.93. The van der Waals surface area contributed by atoms with Crippen LogP contribution in [0.25, 0.3) is 0 Å². The van der Waals surface area contributed by atoms with Crippen molar-refractivity contribution in [1.82, 2.24) is 4.31 Å². The van der Waals surface area contributed by atoms with Gasteiger partial charge >= 0.3 is 5.97 Å². The van der Waals surface area contributed by atoms with Crippen molar-refractivity contribution in [2.24, 2.45) is 0 Å². The third-order valence-electron chi connectivity index (χ3n) is 4.55. The Morgan fingerprint density at radius 1 is 0.962 bits per heavy atom. The van der Waals surface area contributed by atoms with Crippen LogP contribution in [0, 0.1) is 0 Å². The first-order valence-corrected chi connectivity index (χ1v) is 10.2. The largest absolute Gasteiger partial charge is 0.423 e. The molecule has 0 unspecified atom stereocenters. The Morgan fingerprint density at radius 2 is 1.54 bits per heavy atom. The zero-order valence-corrected chi connectivity index (χ0v) is 15.8. The van der Waals surface area contributed by atoms with Gasteiger partial charge in [0.1, 0.15) is 5.75 Å². The molecule has 1 aliphatic heterocycles. The molecule has 6 heteroatoms. The van der Waals surface area contributed by atoms with Gasteiger partial charge in [0, 0.05) is 13.1 Å². The summed E-state index contributed by atoms with van der Waals surface area (Å²) in [6.07, 6.45) is 1.78. The van der Waals surface area contributed by atoms with Crippen LogP contribution in [0.4, 0.5) is 0 Å². The van der Waals surface area contributed by atoms with Gasteiger partial charge in [0.2, 0.25) is 10.0 Å². The number of nitrogens with zero attached hydrogens (tertiary/aromatic N) is 1. The molecule has 2 aromatic carbocycles. The molecule has 0 aromatic heterocycles. The van der Waals surface area contributed by atoms with E-state index in [0.717, 1.165) is 12.8 Å². The summed E-state index contributed by atoms with van der Waals surface area (Å²) in [5.74, 6) is 0.366. The molecule has 5 nitrogen and oxygen atoms in total. The molecule has 1 saturated heterocycles. The second-order valence-electron chi connectivity index (χ2n) is 6.75. The number of carbonyl (C=O) groups excluding carboxylic acids is 1. The highest BCUT2D eigenvalue weighted by molar-refractivity contribution is 7.89. The third-order valence-corrected chi connectivity index (χ3v) is 6.46. The number of hydrogen-bond acceptors (Lipinski definition) is 4. The van der Waals surface area contributed by atoms with Gasteiger partial charge in [-0.2, -0.15) is 4.31 Å². The normalized spacial score (nSPS) is 15.3. The summed E-state index contributed by atoms with van der Waals surface area (Å²) in [7, 11) is -3.47. The summed E-state index contributed by atoms with van der Waals surface area (Å²) in [6.45, 7) is 5.30. The van der Waals surface area contributed by atoms with Gasteiger partial charge < -0.3 is 4.74 Å². The smallest absolute Gasteiger partial charge is 0.343 e. The monoisotopic (exact) mass is 373 g/mol. The number of sulfonamides is 1. The van der Waals surface area contributed by atoms with Gasteiger partial charge in [0.05, 0.1) is 10.5 Å². The van der Waals surface area contributed by atoms with Crippen LogP contribution in [0.3, 0.4) is 0 Å². The van der Waals surface area contributed by atoms with Gasteiger partial charge in [-0.15, -0.1) is 0 Å². The number of ether oxygens (including phenoxy) is 1. The Bertz CT molecular complexity index is 865. The molecule has 0 bridgehead atoms. The first-order chi connectivity index (χ1) is 12.4. The summed E-state index contributed by atoms with van der Waals surface area (Å²) in [5, 5.41) is 0. The Labute approximate surface area is 154 Å². The van der Waals surface area contributed by atoms with E-state index in [0.29, 0.717) is 30.3 Å². The first-order valence-electron chi connectivity index (χ1n) is 8.80. The molecule has 0 saturated carbocycles. The van der Waals surface area contributed by atoms with Crippen LogP contribution in [0.1, 0.15) is 48.5 Å². The Hall–Kier alpha value is -2.18. The van der Waals surface area contributed by atoms with E-state index < -0.39 is 16.0 Å². The number of benzene rings is 2. The van der Waals surface area contributed by atoms with Crippen LogP contribution in [-0.4, -0.2) is 31.8 Å². The highest BCUT2D eigenvalue weighted by Crippen LogP contribution is 2.22. The lowest BCUT2D eigenvalue weighted by atomic mass is 10.0. The van der Waals surface area contributed by atoms with Gasteiger partial charge in [-0.3, -0.25) is 0 Å². The molecule has 0 atom stereocenters. The van der Waals surface area contributed by atoms with E-state index in [-0.39, 0.29) is 4.90 Å². The van der Waals surface area contributed by atoms with Gasteiger partial charge in [0.15, 0.2) is 0 Å². The third kappa shape index (κ3) is 3.97. The number of carbonyl (C=O) groups is 1. The van der Waals surface area contributed by atoms with Crippen molar-refractivity contribution in [1.29, 1.82) is 0 Å².